The van der Waals surface area contributed by atoms with Crippen LogP contribution in [0, 0.1) is 0 Å². The molecule has 7 heteroatoms. The van der Waals surface area contributed by atoms with E-state index in [1.807, 2.05) is 19.2 Å². The molecule has 0 radical (unpaired) electrons. The molecule has 1 aromatic heterocycles. The average Bonchev–Trinajstić information content (AvgIpc) is 3.11. The van der Waals surface area contributed by atoms with Gasteiger partial charge in [-0.2, -0.15) is 0 Å². The number of hydrogen-bond donors (Lipinski definition) is 1. The molecular formula is C20H20N2O3S2. The van der Waals surface area contributed by atoms with E-state index in [-0.39, 0.29) is 16.6 Å². The van der Waals surface area contributed by atoms with E-state index in [9.17, 15) is 13.2 Å². The number of nitrogens with zero attached hydrogens (tertiary/aromatic N) is 1. The first kappa shape index (κ1) is 19.3. The third kappa shape index (κ3) is 4.81. The minimum absolute atomic E-state index is 0.160. The number of carbonyl (C=O) groups excluding carboxylic acids is 1. The summed E-state index contributed by atoms with van der Waals surface area (Å²) in [6, 6.07) is 14.9. The highest BCUT2D eigenvalue weighted by molar-refractivity contribution is 7.90. The number of hydrogen-bond acceptors (Lipinski definition) is 5. The lowest BCUT2D eigenvalue weighted by Crippen LogP contribution is -2.13. The van der Waals surface area contributed by atoms with Crippen molar-refractivity contribution in [3.05, 3.63) is 76.8 Å². The second-order valence-corrected chi connectivity index (χ2v) is 9.31. The number of aromatic nitrogens is 1. The predicted molar refractivity (Wildman–Crippen MR) is 108 cm³/mol. The van der Waals surface area contributed by atoms with Crippen LogP contribution >= 0.6 is 11.3 Å². The van der Waals surface area contributed by atoms with Crippen LogP contribution in [0.15, 0.2) is 64.9 Å². The Balaban J connectivity index is 1.75. The average molecular weight is 401 g/mol. The number of amides is 1. The molecule has 5 nitrogen and oxygen atoms in total. The summed E-state index contributed by atoms with van der Waals surface area (Å²) in [5, 5.41) is 5.23. The molecule has 2 aromatic carbocycles. The fraction of sp³-hybridized carbons (Fsp3) is 0.200. The van der Waals surface area contributed by atoms with Crippen molar-refractivity contribution in [2.24, 2.45) is 0 Å². The first-order valence-electron chi connectivity index (χ1n) is 8.48. The van der Waals surface area contributed by atoms with Crippen LogP contribution < -0.4 is 5.32 Å². The lowest BCUT2D eigenvalue weighted by molar-refractivity contribution is 0.102. The molecule has 0 aliphatic carbocycles. The zero-order valence-corrected chi connectivity index (χ0v) is 16.7. The van der Waals surface area contributed by atoms with Gasteiger partial charge in [-0.05, 0) is 35.7 Å². The van der Waals surface area contributed by atoms with E-state index in [1.165, 1.54) is 11.3 Å². The minimum atomic E-state index is -3.46. The van der Waals surface area contributed by atoms with Crippen molar-refractivity contribution in [1.29, 1.82) is 0 Å². The van der Waals surface area contributed by atoms with Crippen LogP contribution in [0.25, 0.3) is 0 Å². The van der Waals surface area contributed by atoms with Crippen molar-refractivity contribution >= 4 is 32.2 Å². The van der Waals surface area contributed by atoms with Crippen LogP contribution in [0.2, 0.25) is 0 Å². The Morgan fingerprint density at radius 2 is 1.85 bits per heavy atom. The summed E-state index contributed by atoms with van der Waals surface area (Å²) in [5.74, 6) is -0.176. The molecule has 0 fully saturated rings. The van der Waals surface area contributed by atoms with Crippen molar-refractivity contribution in [3.63, 3.8) is 0 Å². The van der Waals surface area contributed by atoms with E-state index in [1.54, 1.807) is 54.6 Å². The molecule has 3 rings (SSSR count). The van der Waals surface area contributed by atoms with Gasteiger partial charge in [-0.25, -0.2) is 13.4 Å². The lowest BCUT2D eigenvalue weighted by Gasteiger charge is -2.07. The summed E-state index contributed by atoms with van der Waals surface area (Å²) >= 11 is 1.37. The van der Waals surface area contributed by atoms with Gasteiger partial charge in [-0.15, -0.1) is 11.3 Å². The number of benzene rings is 2. The zero-order valence-electron chi connectivity index (χ0n) is 15.0. The molecule has 1 N–H and O–H groups in total. The maximum absolute atomic E-state index is 12.5. The Hall–Kier alpha value is -2.51. The fourth-order valence-corrected chi connectivity index (χ4v) is 4.73. The maximum atomic E-state index is 12.5. The van der Waals surface area contributed by atoms with Crippen LogP contribution in [-0.4, -0.2) is 19.3 Å². The van der Waals surface area contributed by atoms with Gasteiger partial charge in [0.15, 0.2) is 15.0 Å². The van der Waals surface area contributed by atoms with Gasteiger partial charge in [-0.3, -0.25) is 10.1 Å². The molecule has 0 saturated heterocycles. The van der Waals surface area contributed by atoms with Crippen LogP contribution in [0.5, 0.6) is 0 Å². The zero-order chi connectivity index (χ0) is 19.4. The highest BCUT2D eigenvalue weighted by Crippen LogP contribution is 2.22. The fourth-order valence-electron chi connectivity index (χ4n) is 2.51. The molecule has 140 valence electrons. The maximum Gasteiger partial charge on any atom is 0.257 e. The molecule has 0 saturated carbocycles. The van der Waals surface area contributed by atoms with Gasteiger partial charge in [0.25, 0.3) is 5.91 Å². The molecule has 0 atom stereocenters. The SMILES string of the molecule is CC(C)c1csc(NC(=O)c2cccc(CS(=O)(=O)c3ccccc3)c2)n1. The van der Waals surface area contributed by atoms with Gasteiger partial charge in [0.1, 0.15) is 0 Å². The standard InChI is InChI=1S/C20H20N2O3S2/c1-14(2)18-12-26-20(21-18)22-19(23)16-8-6-7-15(11-16)13-27(24,25)17-9-4-3-5-10-17/h3-12,14H,13H2,1-2H3,(H,21,22,23). The molecule has 0 spiro atoms. The molecule has 0 aliphatic rings. The van der Waals surface area contributed by atoms with Gasteiger partial charge in [0.2, 0.25) is 0 Å². The molecule has 1 heterocycles. The van der Waals surface area contributed by atoms with E-state index in [4.69, 9.17) is 0 Å². The van der Waals surface area contributed by atoms with Crippen LogP contribution in [0.3, 0.4) is 0 Å². The van der Waals surface area contributed by atoms with Crippen molar-refractivity contribution in [3.8, 4) is 0 Å². The van der Waals surface area contributed by atoms with Crippen molar-refractivity contribution in [2.75, 3.05) is 5.32 Å². The van der Waals surface area contributed by atoms with E-state index >= 15 is 0 Å². The van der Waals surface area contributed by atoms with Gasteiger partial charge in [0, 0.05) is 10.9 Å². The molecule has 1 amide bonds. The highest BCUT2D eigenvalue weighted by atomic mass is 32.2. The Bertz CT molecular complexity index is 1040. The van der Waals surface area contributed by atoms with Gasteiger partial charge < -0.3 is 0 Å². The smallest absolute Gasteiger partial charge is 0.257 e. The summed E-state index contributed by atoms with van der Waals surface area (Å²) in [5.41, 5.74) is 1.89. The Morgan fingerprint density at radius 3 is 2.52 bits per heavy atom. The first-order chi connectivity index (χ1) is 12.8. The number of rotatable bonds is 6. The van der Waals surface area contributed by atoms with E-state index in [2.05, 4.69) is 10.3 Å². The number of thiazole rings is 1. The number of anilines is 1. The van der Waals surface area contributed by atoms with E-state index < -0.39 is 9.84 Å². The van der Waals surface area contributed by atoms with Crippen LogP contribution in [-0.2, 0) is 15.6 Å². The molecular weight excluding hydrogens is 380 g/mol. The van der Waals surface area contributed by atoms with Gasteiger partial charge in [0.05, 0.1) is 16.3 Å². The van der Waals surface area contributed by atoms with Crippen molar-refractivity contribution in [1.82, 2.24) is 4.98 Å². The predicted octanol–water partition coefficient (Wildman–Crippen LogP) is 4.49. The summed E-state index contributed by atoms with van der Waals surface area (Å²) in [7, 11) is -3.46. The van der Waals surface area contributed by atoms with Crippen molar-refractivity contribution < 1.29 is 13.2 Å². The Morgan fingerprint density at radius 1 is 1.11 bits per heavy atom. The first-order valence-corrected chi connectivity index (χ1v) is 11.0. The quantitative estimate of drug-likeness (QED) is 0.661. The van der Waals surface area contributed by atoms with Crippen LogP contribution in [0.4, 0.5) is 5.13 Å². The molecule has 27 heavy (non-hydrogen) atoms. The topological polar surface area (TPSA) is 76.1 Å². The Kier molecular flexibility index (Phi) is 5.72. The minimum Gasteiger partial charge on any atom is -0.298 e. The largest absolute Gasteiger partial charge is 0.298 e. The number of nitrogens with one attached hydrogen (secondary N) is 1. The molecule has 0 unspecified atom stereocenters. The summed E-state index contributed by atoms with van der Waals surface area (Å²) in [4.78, 5) is 17.1. The molecule has 0 aliphatic heterocycles. The monoisotopic (exact) mass is 400 g/mol. The van der Waals surface area contributed by atoms with Crippen molar-refractivity contribution in [2.45, 2.75) is 30.4 Å². The number of sulfone groups is 1. The summed E-state index contributed by atoms with van der Waals surface area (Å²) < 4.78 is 25.1. The van der Waals surface area contributed by atoms with Gasteiger partial charge >= 0.3 is 0 Å². The van der Waals surface area contributed by atoms with Gasteiger partial charge in [-0.1, -0.05) is 44.2 Å². The molecule has 0 bridgehead atoms. The second-order valence-electron chi connectivity index (χ2n) is 6.46. The highest BCUT2D eigenvalue weighted by Gasteiger charge is 2.16. The molecule has 3 aromatic rings. The van der Waals surface area contributed by atoms with E-state index in [0.717, 1.165) is 5.69 Å². The van der Waals surface area contributed by atoms with Crippen LogP contribution in [0.1, 0.15) is 41.4 Å². The lowest BCUT2D eigenvalue weighted by atomic mass is 10.1. The Labute approximate surface area is 163 Å². The third-order valence-corrected chi connectivity index (χ3v) is 6.46. The number of carbonyl (C=O) groups is 1. The van der Waals surface area contributed by atoms with E-state index in [0.29, 0.717) is 22.2 Å². The summed E-state index contributed by atoms with van der Waals surface area (Å²) in [6.07, 6.45) is 0. The summed E-state index contributed by atoms with van der Waals surface area (Å²) in [6.45, 7) is 4.08. The normalized spacial score (nSPS) is 11.5. The second kappa shape index (κ2) is 8.02. The third-order valence-electron chi connectivity index (χ3n) is 3.98.